The Morgan fingerprint density at radius 1 is 0.707 bits per heavy atom. The van der Waals surface area contributed by atoms with E-state index in [1.54, 1.807) is 0 Å². The van der Waals surface area contributed by atoms with Crippen LogP contribution >= 0.6 is 0 Å². The molecule has 0 aliphatic carbocycles. The number of nitrogens with zero attached hydrogens (tertiary/aromatic N) is 5. The van der Waals surface area contributed by atoms with Crippen molar-refractivity contribution in [3.8, 4) is 22.5 Å². The second-order valence-electron chi connectivity index (χ2n) is 11.0. The van der Waals surface area contributed by atoms with E-state index in [1.807, 2.05) is 36.5 Å². The highest BCUT2D eigenvalue weighted by Gasteiger charge is 2.23. The van der Waals surface area contributed by atoms with Crippen molar-refractivity contribution in [2.24, 2.45) is 0 Å². The van der Waals surface area contributed by atoms with E-state index in [1.165, 1.54) is 5.56 Å². The first-order chi connectivity index (χ1) is 20.3. The molecule has 0 bridgehead atoms. The highest BCUT2D eigenvalue weighted by Crippen LogP contribution is 2.33. The predicted molar refractivity (Wildman–Crippen MR) is 168 cm³/mol. The van der Waals surface area contributed by atoms with Gasteiger partial charge in [0.1, 0.15) is 5.82 Å². The lowest BCUT2D eigenvalue weighted by atomic mass is 9.95. The number of piperidine rings is 1. The largest absolute Gasteiger partial charge is 0.342 e. The van der Waals surface area contributed by atoms with Crippen molar-refractivity contribution in [1.82, 2.24) is 35.0 Å². The van der Waals surface area contributed by atoms with Crippen LogP contribution in [-0.2, 0) is 6.54 Å². The van der Waals surface area contributed by atoms with E-state index >= 15 is 0 Å². The molecule has 0 amide bonds. The standard InChI is InChI=1S/C34H29N7.2H2/c1-2-6-23(7-3-1)32-33(37-31-19-29-26(20-35-40-29)18-30(31)36-32)24-12-10-22(11-13-24)21-41-16-14-25(15-17-41)34-38-27-8-4-5-9-28(27)39-34;;/h1-13,18-20,25H,14-17,21H2,(H,35,40)(H,38,39);2*1H. The molecular formula is C34H33N7. The second kappa shape index (κ2) is 9.94. The Labute approximate surface area is 240 Å². The monoisotopic (exact) mass is 539 g/mol. The smallest absolute Gasteiger partial charge is 0.110 e. The van der Waals surface area contributed by atoms with E-state index in [9.17, 15) is 0 Å². The van der Waals surface area contributed by atoms with E-state index < -0.39 is 0 Å². The average Bonchev–Trinajstić information content (AvgIpc) is 3.67. The topological polar surface area (TPSA) is 86.4 Å². The summed E-state index contributed by atoms with van der Waals surface area (Å²) in [6.45, 7) is 3.08. The Morgan fingerprint density at radius 2 is 1.41 bits per heavy atom. The molecule has 0 unspecified atom stereocenters. The van der Waals surface area contributed by atoms with Gasteiger partial charge in [0.25, 0.3) is 0 Å². The number of likely N-dealkylation sites (tertiary alicyclic amines) is 1. The van der Waals surface area contributed by atoms with Gasteiger partial charge in [-0.3, -0.25) is 10.00 Å². The van der Waals surface area contributed by atoms with Crippen LogP contribution in [0.1, 0.15) is 33.0 Å². The first-order valence-electron chi connectivity index (χ1n) is 14.2. The van der Waals surface area contributed by atoms with Crippen molar-refractivity contribution >= 4 is 33.0 Å². The van der Waals surface area contributed by atoms with Gasteiger partial charge in [-0.15, -0.1) is 0 Å². The second-order valence-corrected chi connectivity index (χ2v) is 11.0. The summed E-state index contributed by atoms with van der Waals surface area (Å²) in [5.74, 6) is 1.63. The third kappa shape index (κ3) is 4.54. The molecule has 2 N–H and O–H groups in total. The molecule has 0 spiro atoms. The van der Waals surface area contributed by atoms with Gasteiger partial charge in [-0.25, -0.2) is 15.0 Å². The average molecular weight is 540 g/mol. The Balaban J connectivity index is 0.00000165. The third-order valence-electron chi connectivity index (χ3n) is 8.29. The summed E-state index contributed by atoms with van der Waals surface area (Å²) in [7, 11) is 0. The van der Waals surface area contributed by atoms with Crippen LogP contribution in [0, 0.1) is 0 Å². The summed E-state index contributed by atoms with van der Waals surface area (Å²) in [5, 5.41) is 8.27. The SMILES string of the molecule is [HH].[HH].c1ccc(-c2nc3cc4cn[nH]c4cc3nc2-c2ccc(CN3CCC(c4nc5ccccc5[nH]4)CC3)cc2)cc1. The molecule has 0 atom stereocenters. The van der Waals surface area contributed by atoms with E-state index in [0.29, 0.717) is 5.92 Å². The molecule has 7 heteroatoms. The molecule has 4 heterocycles. The fourth-order valence-corrected chi connectivity index (χ4v) is 6.05. The van der Waals surface area contributed by atoms with Crippen LogP contribution in [0.5, 0.6) is 0 Å². The number of fused-ring (bicyclic) bond motifs is 3. The number of nitrogens with one attached hydrogen (secondary N) is 2. The molecule has 7 nitrogen and oxygen atoms in total. The van der Waals surface area contributed by atoms with Crippen molar-refractivity contribution in [1.29, 1.82) is 0 Å². The maximum Gasteiger partial charge on any atom is 0.110 e. The van der Waals surface area contributed by atoms with E-state index in [2.05, 4.69) is 80.7 Å². The predicted octanol–water partition coefficient (Wildman–Crippen LogP) is 7.59. The molecule has 1 fully saturated rings. The summed E-state index contributed by atoms with van der Waals surface area (Å²) < 4.78 is 0. The molecule has 1 aliphatic rings. The van der Waals surface area contributed by atoms with Gasteiger partial charge in [0, 0.05) is 31.8 Å². The summed E-state index contributed by atoms with van der Waals surface area (Å²) in [6, 6.07) is 31.5. The normalized spacial score (nSPS) is 14.8. The van der Waals surface area contributed by atoms with Crippen molar-refractivity contribution < 1.29 is 2.85 Å². The number of para-hydroxylation sites is 2. The number of aromatic amines is 2. The van der Waals surface area contributed by atoms with Gasteiger partial charge in [-0.2, -0.15) is 5.10 Å². The van der Waals surface area contributed by atoms with Crippen molar-refractivity contribution in [2.45, 2.75) is 25.3 Å². The van der Waals surface area contributed by atoms with E-state index in [-0.39, 0.29) is 2.85 Å². The van der Waals surface area contributed by atoms with E-state index in [4.69, 9.17) is 15.0 Å². The van der Waals surface area contributed by atoms with Gasteiger partial charge in [0.2, 0.25) is 0 Å². The van der Waals surface area contributed by atoms with Crippen LogP contribution in [0.25, 0.3) is 55.5 Å². The molecule has 41 heavy (non-hydrogen) atoms. The highest BCUT2D eigenvalue weighted by atomic mass is 15.1. The lowest BCUT2D eigenvalue weighted by Gasteiger charge is -2.31. The first kappa shape index (κ1) is 24.0. The van der Waals surface area contributed by atoms with Crippen molar-refractivity contribution in [3.05, 3.63) is 109 Å². The number of aromatic nitrogens is 6. The van der Waals surface area contributed by atoms with Gasteiger partial charge in [-0.05, 0) is 55.8 Å². The minimum atomic E-state index is 0. The fraction of sp³-hybridized carbons (Fsp3) is 0.176. The minimum Gasteiger partial charge on any atom is -0.342 e. The molecule has 1 aliphatic heterocycles. The quantitative estimate of drug-likeness (QED) is 0.235. The Hall–Kier alpha value is -4.88. The summed E-state index contributed by atoms with van der Waals surface area (Å²) in [5.41, 5.74) is 10.1. The zero-order valence-electron chi connectivity index (χ0n) is 22.6. The number of hydrogen-bond donors (Lipinski definition) is 2. The Kier molecular flexibility index (Phi) is 5.81. The number of H-pyrrole nitrogens is 2. The molecular weight excluding hydrogens is 506 g/mol. The zero-order valence-corrected chi connectivity index (χ0v) is 22.6. The molecule has 7 aromatic rings. The van der Waals surface area contributed by atoms with Crippen LogP contribution in [0.4, 0.5) is 0 Å². The summed E-state index contributed by atoms with van der Waals surface area (Å²) in [4.78, 5) is 21.2. The minimum absolute atomic E-state index is 0. The van der Waals surface area contributed by atoms with Gasteiger partial charge in [0.15, 0.2) is 0 Å². The molecule has 8 rings (SSSR count). The van der Waals surface area contributed by atoms with Gasteiger partial charge >= 0.3 is 0 Å². The highest BCUT2D eigenvalue weighted by molar-refractivity contribution is 5.95. The molecule has 3 aromatic heterocycles. The number of imidazole rings is 1. The van der Waals surface area contributed by atoms with Crippen LogP contribution in [0.15, 0.2) is 97.2 Å². The lowest BCUT2D eigenvalue weighted by molar-refractivity contribution is 0.202. The Morgan fingerprint density at radius 3 is 2.20 bits per heavy atom. The first-order valence-corrected chi connectivity index (χ1v) is 14.2. The third-order valence-corrected chi connectivity index (χ3v) is 8.29. The summed E-state index contributed by atoms with van der Waals surface area (Å²) >= 11 is 0. The maximum atomic E-state index is 5.12. The van der Waals surface area contributed by atoms with Gasteiger partial charge < -0.3 is 4.98 Å². The van der Waals surface area contributed by atoms with E-state index in [0.717, 1.165) is 93.8 Å². The molecule has 204 valence electrons. The number of benzene rings is 4. The van der Waals surface area contributed by atoms with Crippen LogP contribution in [0.3, 0.4) is 0 Å². The zero-order chi connectivity index (χ0) is 27.2. The fourth-order valence-electron chi connectivity index (χ4n) is 6.05. The number of hydrogen-bond acceptors (Lipinski definition) is 5. The summed E-state index contributed by atoms with van der Waals surface area (Å²) in [6.07, 6.45) is 4.07. The Bertz CT molecular complexity index is 1960. The molecule has 4 aromatic carbocycles. The molecule has 0 radical (unpaired) electrons. The maximum absolute atomic E-state index is 5.12. The van der Waals surface area contributed by atoms with Crippen LogP contribution in [0.2, 0.25) is 0 Å². The lowest BCUT2D eigenvalue weighted by Crippen LogP contribution is -2.32. The van der Waals surface area contributed by atoms with Crippen molar-refractivity contribution in [3.63, 3.8) is 0 Å². The van der Waals surface area contributed by atoms with Crippen molar-refractivity contribution in [2.75, 3.05) is 13.1 Å². The number of rotatable bonds is 5. The van der Waals surface area contributed by atoms with Gasteiger partial charge in [-0.1, -0.05) is 66.7 Å². The molecule has 0 saturated carbocycles. The van der Waals surface area contributed by atoms with Crippen LogP contribution in [-0.4, -0.2) is 48.1 Å². The molecule has 1 saturated heterocycles. The van der Waals surface area contributed by atoms with Gasteiger partial charge in [0.05, 0.1) is 45.2 Å². The van der Waals surface area contributed by atoms with Crippen LogP contribution < -0.4 is 0 Å².